The number of rotatable bonds is 5. The first kappa shape index (κ1) is 23.2. The van der Waals surface area contributed by atoms with Gasteiger partial charge in [0.25, 0.3) is 5.91 Å². The predicted octanol–water partition coefficient (Wildman–Crippen LogP) is 6.68. The number of pyridine rings is 1. The lowest BCUT2D eigenvalue weighted by Crippen LogP contribution is -2.27. The Bertz CT molecular complexity index is 1580. The van der Waals surface area contributed by atoms with Crippen molar-refractivity contribution in [3.8, 4) is 11.3 Å². The van der Waals surface area contributed by atoms with Crippen molar-refractivity contribution in [1.82, 2.24) is 9.97 Å². The van der Waals surface area contributed by atoms with Crippen molar-refractivity contribution < 1.29 is 14.0 Å². The van der Waals surface area contributed by atoms with Crippen LogP contribution in [0.4, 0.5) is 21.6 Å². The minimum absolute atomic E-state index is 0.0341. The van der Waals surface area contributed by atoms with Crippen molar-refractivity contribution in [3.63, 3.8) is 0 Å². The van der Waals surface area contributed by atoms with Crippen LogP contribution in [0.5, 0.6) is 0 Å². The largest absolute Gasteiger partial charge is 0.356 e. The number of hydrogen-bond acceptors (Lipinski definition) is 4. The summed E-state index contributed by atoms with van der Waals surface area (Å²) in [5.74, 6) is -0.242. The molecule has 7 heteroatoms. The van der Waals surface area contributed by atoms with Crippen LogP contribution < -0.4 is 10.6 Å². The molecular formula is C30H27FN4O2. The molecule has 2 aliphatic carbocycles. The first-order valence-electron chi connectivity index (χ1n) is 12.3. The number of carbonyl (C=O) groups is 2. The number of halogens is 1. The summed E-state index contributed by atoms with van der Waals surface area (Å²) < 4.78 is 13.5. The molecule has 2 aromatic heterocycles. The number of fused-ring (bicyclic) bond motifs is 2. The zero-order chi connectivity index (χ0) is 25.9. The van der Waals surface area contributed by atoms with E-state index in [1.165, 1.54) is 18.2 Å². The van der Waals surface area contributed by atoms with Crippen molar-refractivity contribution in [2.75, 3.05) is 10.6 Å². The van der Waals surface area contributed by atoms with Crippen LogP contribution in [0.1, 0.15) is 52.2 Å². The first-order chi connectivity index (χ1) is 17.7. The molecule has 2 aliphatic rings. The van der Waals surface area contributed by atoms with E-state index in [-0.39, 0.29) is 22.5 Å². The molecule has 0 saturated heterocycles. The zero-order valence-electron chi connectivity index (χ0n) is 20.9. The molecule has 3 N–H and O–H groups in total. The van der Waals surface area contributed by atoms with Gasteiger partial charge in [-0.05, 0) is 73.2 Å². The van der Waals surface area contributed by atoms with Crippen LogP contribution in [0.3, 0.4) is 0 Å². The SMILES string of the molecule is Cc1cc(F)ccc1C(=O)Nc1cc(-c2[nH]c3c(c2Nc2ccccc2)C(=O)[C@@]2(C)C[C@@]2(C)C3)ccn1. The van der Waals surface area contributed by atoms with E-state index in [0.717, 1.165) is 41.2 Å². The Kier molecular flexibility index (Phi) is 5.09. The van der Waals surface area contributed by atoms with Gasteiger partial charge in [0, 0.05) is 34.1 Å². The third kappa shape index (κ3) is 3.73. The lowest BCUT2D eigenvalue weighted by Gasteiger charge is -2.24. The zero-order valence-corrected chi connectivity index (χ0v) is 20.9. The maximum Gasteiger partial charge on any atom is 0.257 e. The molecule has 0 bridgehead atoms. The highest BCUT2D eigenvalue weighted by atomic mass is 19.1. The molecule has 186 valence electrons. The number of aromatic nitrogens is 2. The molecule has 0 unspecified atom stereocenters. The standard InChI is InChI=1S/C30H27FN4O2/c1-17-13-19(31)9-10-21(17)28(37)35-23-14-18(11-12-32-23)25-26(33-20-7-5-4-6-8-20)24-22(34-25)15-29(2)16-30(29,3)27(24)36/h4-14,33-34H,15-16H2,1-3H3,(H,32,35,37)/t29-,30-/m1/s1. The summed E-state index contributed by atoms with van der Waals surface area (Å²) in [6.07, 6.45) is 3.30. The number of carbonyl (C=O) groups excluding carboxylic acids is 2. The predicted molar refractivity (Wildman–Crippen MR) is 142 cm³/mol. The van der Waals surface area contributed by atoms with Crippen LogP contribution in [0.2, 0.25) is 0 Å². The molecule has 37 heavy (non-hydrogen) atoms. The topological polar surface area (TPSA) is 86.9 Å². The van der Waals surface area contributed by atoms with Gasteiger partial charge in [-0.2, -0.15) is 0 Å². The summed E-state index contributed by atoms with van der Waals surface area (Å²) in [6, 6.07) is 17.4. The number of ketones is 1. The fourth-order valence-electron chi connectivity index (χ4n) is 5.68. The quantitative estimate of drug-likeness (QED) is 0.289. The van der Waals surface area contributed by atoms with Crippen LogP contribution in [-0.4, -0.2) is 21.7 Å². The number of aryl methyl sites for hydroxylation is 1. The lowest BCUT2D eigenvalue weighted by molar-refractivity contribution is 0.0866. The highest BCUT2D eigenvalue weighted by Crippen LogP contribution is 2.69. The molecule has 1 amide bonds. The Morgan fingerprint density at radius 3 is 2.62 bits per heavy atom. The van der Waals surface area contributed by atoms with Gasteiger partial charge in [-0.25, -0.2) is 9.37 Å². The summed E-state index contributed by atoms with van der Waals surface area (Å²) >= 11 is 0. The van der Waals surface area contributed by atoms with Crippen molar-refractivity contribution in [3.05, 3.63) is 95.1 Å². The number of nitrogens with one attached hydrogen (secondary N) is 3. The Balaban J connectivity index is 1.40. The summed E-state index contributed by atoms with van der Waals surface area (Å²) in [7, 11) is 0. The van der Waals surface area contributed by atoms with Crippen LogP contribution >= 0.6 is 0 Å². The molecule has 2 atom stereocenters. The van der Waals surface area contributed by atoms with E-state index in [0.29, 0.717) is 22.5 Å². The Morgan fingerprint density at radius 2 is 1.86 bits per heavy atom. The molecule has 0 radical (unpaired) electrons. The maximum absolute atomic E-state index is 13.7. The van der Waals surface area contributed by atoms with Crippen molar-refractivity contribution >= 4 is 28.9 Å². The third-order valence-electron chi connectivity index (χ3n) is 8.09. The van der Waals surface area contributed by atoms with E-state index in [9.17, 15) is 14.0 Å². The van der Waals surface area contributed by atoms with Crippen molar-refractivity contribution in [1.29, 1.82) is 0 Å². The van der Waals surface area contributed by atoms with E-state index in [1.807, 2.05) is 36.4 Å². The maximum atomic E-state index is 13.7. The minimum Gasteiger partial charge on any atom is -0.356 e. The van der Waals surface area contributed by atoms with E-state index in [1.54, 1.807) is 19.2 Å². The summed E-state index contributed by atoms with van der Waals surface area (Å²) in [6.45, 7) is 5.93. The molecular weight excluding hydrogens is 467 g/mol. The van der Waals surface area contributed by atoms with E-state index in [2.05, 4.69) is 34.4 Å². The molecule has 0 aliphatic heterocycles. The van der Waals surface area contributed by atoms with Gasteiger partial charge < -0.3 is 15.6 Å². The number of amides is 1. The second-order valence-corrected chi connectivity index (χ2v) is 10.6. The molecule has 4 aromatic rings. The number of H-pyrrole nitrogens is 1. The molecule has 2 aromatic carbocycles. The van der Waals surface area contributed by atoms with Gasteiger partial charge in [0.05, 0.1) is 16.9 Å². The highest BCUT2D eigenvalue weighted by Gasteiger charge is 2.68. The highest BCUT2D eigenvalue weighted by molar-refractivity contribution is 6.12. The summed E-state index contributed by atoms with van der Waals surface area (Å²) in [4.78, 5) is 34.4. The minimum atomic E-state index is -0.391. The van der Waals surface area contributed by atoms with Crippen LogP contribution in [0.15, 0.2) is 66.9 Å². The molecule has 0 spiro atoms. The van der Waals surface area contributed by atoms with E-state index in [4.69, 9.17) is 0 Å². The van der Waals surface area contributed by atoms with E-state index < -0.39 is 5.82 Å². The average Bonchev–Trinajstić information content (AvgIpc) is 3.27. The second kappa shape index (κ2) is 8.13. The number of Topliss-reactive ketones (excluding diaryl/α,β-unsaturated/α-hetero) is 1. The van der Waals surface area contributed by atoms with Gasteiger partial charge in [-0.15, -0.1) is 0 Å². The number of hydrogen-bond donors (Lipinski definition) is 3. The molecule has 6 rings (SSSR count). The van der Waals surface area contributed by atoms with Gasteiger partial charge in [0.2, 0.25) is 0 Å². The van der Waals surface area contributed by atoms with Crippen molar-refractivity contribution in [2.24, 2.45) is 10.8 Å². The fraction of sp³-hybridized carbons (Fsp3) is 0.233. The molecule has 6 nitrogen and oxygen atoms in total. The average molecular weight is 495 g/mol. The number of nitrogens with zero attached hydrogens (tertiary/aromatic N) is 1. The number of aromatic amines is 1. The van der Waals surface area contributed by atoms with Gasteiger partial charge in [0.1, 0.15) is 11.6 Å². The van der Waals surface area contributed by atoms with Gasteiger partial charge in [-0.3, -0.25) is 9.59 Å². The molecule has 1 saturated carbocycles. The van der Waals surface area contributed by atoms with Crippen LogP contribution in [0.25, 0.3) is 11.3 Å². The third-order valence-corrected chi connectivity index (χ3v) is 8.09. The van der Waals surface area contributed by atoms with Gasteiger partial charge in [0.15, 0.2) is 5.78 Å². The monoisotopic (exact) mass is 494 g/mol. The normalized spacial score (nSPS) is 21.7. The fourth-order valence-corrected chi connectivity index (χ4v) is 5.68. The van der Waals surface area contributed by atoms with Crippen LogP contribution in [-0.2, 0) is 6.42 Å². The Hall–Kier alpha value is -4.26. The van der Waals surface area contributed by atoms with Gasteiger partial charge in [-0.1, -0.05) is 32.0 Å². The molecule has 1 fully saturated rings. The summed E-state index contributed by atoms with van der Waals surface area (Å²) in [5.41, 5.74) is 5.34. The Morgan fingerprint density at radius 1 is 1.08 bits per heavy atom. The van der Waals surface area contributed by atoms with Gasteiger partial charge >= 0.3 is 0 Å². The number of para-hydroxylation sites is 1. The van der Waals surface area contributed by atoms with E-state index >= 15 is 0 Å². The number of anilines is 3. The number of benzene rings is 2. The smallest absolute Gasteiger partial charge is 0.257 e. The lowest BCUT2D eigenvalue weighted by atomic mass is 9.79. The van der Waals surface area contributed by atoms with Crippen molar-refractivity contribution in [2.45, 2.75) is 33.6 Å². The molecule has 2 heterocycles. The second-order valence-electron chi connectivity index (χ2n) is 10.6. The summed E-state index contributed by atoms with van der Waals surface area (Å²) in [5, 5.41) is 6.30. The van der Waals surface area contributed by atoms with Crippen LogP contribution in [0, 0.1) is 23.6 Å². The Labute approximate surface area is 214 Å². The first-order valence-corrected chi connectivity index (χ1v) is 12.3.